The second-order valence-corrected chi connectivity index (χ2v) is 3.40. The molecule has 0 aliphatic carbocycles. The van der Waals surface area contributed by atoms with Crippen molar-refractivity contribution in [1.29, 1.82) is 0 Å². The summed E-state index contributed by atoms with van der Waals surface area (Å²) in [5.41, 5.74) is 0. The van der Waals surface area contributed by atoms with E-state index in [0.717, 1.165) is 12.8 Å². The summed E-state index contributed by atoms with van der Waals surface area (Å²) in [6.45, 7) is 5.01. The fourth-order valence-corrected chi connectivity index (χ4v) is 1.22. The van der Waals surface area contributed by atoms with Gasteiger partial charge in [0.1, 0.15) is 5.78 Å². The topological polar surface area (TPSA) is 60.2 Å². The van der Waals surface area contributed by atoms with Crippen LogP contribution in [0.3, 0.4) is 0 Å². The Morgan fingerprint density at radius 3 is 2.64 bits per heavy atom. The Morgan fingerprint density at radius 2 is 2.21 bits per heavy atom. The summed E-state index contributed by atoms with van der Waals surface area (Å²) < 4.78 is 0. The van der Waals surface area contributed by atoms with Crippen LogP contribution >= 0.6 is 0 Å². The Labute approximate surface area is 84.1 Å². The number of allylic oxidation sites excluding steroid dienone is 1. The summed E-state index contributed by atoms with van der Waals surface area (Å²) in [6, 6.07) is -0.571. The first-order valence-electron chi connectivity index (χ1n) is 4.81. The van der Waals surface area contributed by atoms with Crippen LogP contribution in [0.2, 0.25) is 0 Å². The standard InChI is InChI=1S/C10H17NO3/c1-3-4-5-6-10(11(13)14)8-7-9(2)12/h3,10H,1,4-8H2,2H3. The van der Waals surface area contributed by atoms with Gasteiger partial charge in [0.2, 0.25) is 6.04 Å². The number of carbonyl (C=O) groups excluding carboxylic acids is 1. The highest BCUT2D eigenvalue weighted by atomic mass is 16.6. The maximum absolute atomic E-state index is 10.7. The molecule has 0 aromatic carbocycles. The van der Waals surface area contributed by atoms with Gasteiger partial charge < -0.3 is 4.79 Å². The van der Waals surface area contributed by atoms with Gasteiger partial charge in [-0.2, -0.15) is 0 Å². The first kappa shape index (κ1) is 12.8. The van der Waals surface area contributed by atoms with Crippen LogP contribution in [0.15, 0.2) is 12.7 Å². The molecule has 0 radical (unpaired) electrons. The van der Waals surface area contributed by atoms with Crippen LogP contribution < -0.4 is 0 Å². The van der Waals surface area contributed by atoms with Gasteiger partial charge in [0.05, 0.1) is 0 Å². The van der Waals surface area contributed by atoms with Crippen molar-refractivity contribution in [3.63, 3.8) is 0 Å². The fraction of sp³-hybridized carbons (Fsp3) is 0.700. The lowest BCUT2D eigenvalue weighted by molar-refractivity contribution is -0.524. The minimum Gasteiger partial charge on any atom is -0.300 e. The molecule has 0 aliphatic rings. The van der Waals surface area contributed by atoms with Crippen LogP contribution in [-0.4, -0.2) is 16.7 Å². The first-order valence-corrected chi connectivity index (χ1v) is 4.81. The molecule has 14 heavy (non-hydrogen) atoms. The Balaban J connectivity index is 3.83. The molecule has 0 amide bonds. The Hall–Kier alpha value is -1.19. The van der Waals surface area contributed by atoms with Crippen LogP contribution in [0.25, 0.3) is 0 Å². The van der Waals surface area contributed by atoms with Crippen molar-refractivity contribution in [3.05, 3.63) is 22.8 Å². The maximum Gasteiger partial charge on any atom is 0.213 e. The molecule has 1 atom stereocenters. The van der Waals surface area contributed by atoms with Gasteiger partial charge in [0, 0.05) is 24.2 Å². The number of hydrogen-bond donors (Lipinski definition) is 0. The lowest BCUT2D eigenvalue weighted by Crippen LogP contribution is -2.20. The quantitative estimate of drug-likeness (QED) is 0.261. The molecule has 1 unspecified atom stereocenters. The third-order valence-corrected chi connectivity index (χ3v) is 2.07. The van der Waals surface area contributed by atoms with E-state index in [2.05, 4.69) is 6.58 Å². The molecular formula is C10H17NO3. The zero-order valence-electron chi connectivity index (χ0n) is 8.57. The minimum absolute atomic E-state index is 0.0144. The van der Waals surface area contributed by atoms with Crippen molar-refractivity contribution in [2.24, 2.45) is 0 Å². The number of nitrogens with zero attached hydrogens (tertiary/aromatic N) is 1. The predicted octanol–water partition coefficient (Wildman–Crippen LogP) is 2.36. The molecule has 0 aromatic rings. The SMILES string of the molecule is C=CCCCC(CCC(C)=O)[N+](=O)[O-]. The van der Waals surface area contributed by atoms with Crippen molar-refractivity contribution in [1.82, 2.24) is 0 Å². The van der Waals surface area contributed by atoms with Gasteiger partial charge in [-0.05, 0) is 19.8 Å². The molecule has 80 valence electrons. The third-order valence-electron chi connectivity index (χ3n) is 2.07. The number of carbonyl (C=O) groups is 1. The average Bonchev–Trinajstić information content (AvgIpc) is 2.10. The number of unbranched alkanes of at least 4 members (excludes halogenated alkanes) is 1. The lowest BCUT2D eigenvalue weighted by atomic mass is 10.0. The predicted molar refractivity (Wildman–Crippen MR) is 54.7 cm³/mol. The van der Waals surface area contributed by atoms with Gasteiger partial charge in [-0.3, -0.25) is 10.1 Å². The van der Waals surface area contributed by atoms with Crippen molar-refractivity contribution >= 4 is 5.78 Å². The summed E-state index contributed by atoms with van der Waals surface area (Å²) in [7, 11) is 0. The molecule has 0 fully saturated rings. The van der Waals surface area contributed by atoms with Gasteiger partial charge in [0.15, 0.2) is 0 Å². The molecule has 0 aliphatic heterocycles. The molecule has 4 heteroatoms. The van der Waals surface area contributed by atoms with Gasteiger partial charge in [0.25, 0.3) is 0 Å². The number of nitro groups is 1. The number of rotatable bonds is 8. The van der Waals surface area contributed by atoms with Gasteiger partial charge in [-0.15, -0.1) is 6.58 Å². The zero-order chi connectivity index (χ0) is 11.0. The summed E-state index contributed by atoms with van der Waals surface area (Å²) in [4.78, 5) is 21.0. The molecule has 0 N–H and O–H groups in total. The van der Waals surface area contributed by atoms with E-state index in [-0.39, 0.29) is 10.7 Å². The van der Waals surface area contributed by atoms with Crippen molar-refractivity contribution < 1.29 is 9.72 Å². The third kappa shape index (κ3) is 6.34. The van der Waals surface area contributed by atoms with Crippen molar-refractivity contribution in [2.45, 2.75) is 45.1 Å². The van der Waals surface area contributed by atoms with Crippen LogP contribution in [0.5, 0.6) is 0 Å². The van der Waals surface area contributed by atoms with E-state index < -0.39 is 6.04 Å². The molecule has 4 nitrogen and oxygen atoms in total. The first-order chi connectivity index (χ1) is 6.57. The molecular weight excluding hydrogens is 182 g/mol. The number of ketones is 1. The van der Waals surface area contributed by atoms with Crippen LogP contribution in [0.4, 0.5) is 0 Å². The highest BCUT2D eigenvalue weighted by Gasteiger charge is 2.19. The van der Waals surface area contributed by atoms with E-state index in [1.165, 1.54) is 6.92 Å². The van der Waals surface area contributed by atoms with Gasteiger partial charge >= 0.3 is 0 Å². The number of Topliss-reactive ketones (excluding diaryl/α,β-unsaturated/α-hetero) is 1. The summed E-state index contributed by atoms with van der Waals surface area (Å²) >= 11 is 0. The molecule has 0 saturated carbocycles. The minimum atomic E-state index is -0.571. The average molecular weight is 199 g/mol. The smallest absolute Gasteiger partial charge is 0.213 e. The maximum atomic E-state index is 10.7. The number of hydrogen-bond acceptors (Lipinski definition) is 3. The fourth-order valence-electron chi connectivity index (χ4n) is 1.22. The van der Waals surface area contributed by atoms with E-state index in [0.29, 0.717) is 19.3 Å². The van der Waals surface area contributed by atoms with Crippen molar-refractivity contribution in [3.8, 4) is 0 Å². The van der Waals surface area contributed by atoms with E-state index in [4.69, 9.17) is 0 Å². The van der Waals surface area contributed by atoms with Gasteiger partial charge in [-0.25, -0.2) is 0 Å². The highest BCUT2D eigenvalue weighted by Crippen LogP contribution is 2.10. The summed E-state index contributed by atoms with van der Waals surface area (Å²) in [5, 5.41) is 10.6. The highest BCUT2D eigenvalue weighted by molar-refractivity contribution is 5.75. The second kappa shape index (κ2) is 7.24. The summed E-state index contributed by atoms with van der Waals surface area (Å²) in [6.07, 6.45) is 4.52. The normalized spacial score (nSPS) is 12.1. The van der Waals surface area contributed by atoms with E-state index in [1.807, 2.05) is 0 Å². The van der Waals surface area contributed by atoms with Crippen LogP contribution in [-0.2, 0) is 4.79 Å². The summed E-state index contributed by atoms with van der Waals surface area (Å²) in [5.74, 6) is 0.0144. The lowest BCUT2D eigenvalue weighted by Gasteiger charge is -2.07. The molecule has 0 saturated heterocycles. The molecule has 0 spiro atoms. The largest absolute Gasteiger partial charge is 0.300 e. The monoisotopic (exact) mass is 199 g/mol. The Bertz CT molecular complexity index is 213. The van der Waals surface area contributed by atoms with Crippen LogP contribution in [0, 0.1) is 10.1 Å². The molecule has 0 rings (SSSR count). The van der Waals surface area contributed by atoms with Crippen molar-refractivity contribution in [2.75, 3.05) is 0 Å². The molecule has 0 heterocycles. The zero-order valence-corrected chi connectivity index (χ0v) is 8.57. The van der Waals surface area contributed by atoms with E-state index in [9.17, 15) is 14.9 Å². The van der Waals surface area contributed by atoms with E-state index in [1.54, 1.807) is 6.08 Å². The molecule has 0 aromatic heterocycles. The van der Waals surface area contributed by atoms with Crippen LogP contribution in [0.1, 0.15) is 39.0 Å². The second-order valence-electron chi connectivity index (χ2n) is 3.40. The Kier molecular flexibility index (Phi) is 6.62. The van der Waals surface area contributed by atoms with E-state index >= 15 is 0 Å². The van der Waals surface area contributed by atoms with Gasteiger partial charge in [-0.1, -0.05) is 6.08 Å². The molecule has 0 bridgehead atoms. The Morgan fingerprint density at radius 1 is 1.57 bits per heavy atom.